The van der Waals surface area contributed by atoms with Crippen molar-refractivity contribution in [3.05, 3.63) is 46.5 Å². The topological polar surface area (TPSA) is 92.3 Å². The average molecular weight is 365 g/mol. The van der Waals surface area contributed by atoms with Gasteiger partial charge in [0.25, 0.3) is 0 Å². The van der Waals surface area contributed by atoms with E-state index in [1.54, 1.807) is 4.68 Å². The van der Waals surface area contributed by atoms with E-state index in [-0.39, 0.29) is 12.5 Å². The molecule has 0 bridgehead atoms. The summed E-state index contributed by atoms with van der Waals surface area (Å²) in [5.41, 5.74) is 6.27. The first-order valence-electron chi connectivity index (χ1n) is 8.25. The molecule has 0 unspecified atom stereocenters. The van der Waals surface area contributed by atoms with Crippen molar-refractivity contribution in [3.63, 3.8) is 0 Å². The molecule has 1 aliphatic heterocycles. The summed E-state index contributed by atoms with van der Waals surface area (Å²) in [6.07, 6.45) is 2.25. The van der Waals surface area contributed by atoms with Crippen LogP contribution in [0.4, 0.5) is 0 Å². The predicted molar refractivity (Wildman–Crippen MR) is 92.1 cm³/mol. The average Bonchev–Trinajstić information content (AvgIpc) is 3.20. The largest absolute Gasteiger partial charge is 0.376 e. The van der Waals surface area contributed by atoms with E-state index in [0.29, 0.717) is 36.4 Å². The van der Waals surface area contributed by atoms with Gasteiger partial charge in [-0.2, -0.15) is 5.10 Å². The number of nitrogens with zero attached hydrogens (tertiary/aromatic N) is 3. The summed E-state index contributed by atoms with van der Waals surface area (Å²) in [5, 5.41) is 5.06. The highest BCUT2D eigenvalue weighted by atomic mass is 35.5. The van der Waals surface area contributed by atoms with Crippen LogP contribution in [-0.2, 0) is 33.8 Å². The first-order chi connectivity index (χ1) is 12.1. The van der Waals surface area contributed by atoms with Crippen LogP contribution in [0.15, 0.2) is 24.3 Å². The first kappa shape index (κ1) is 17.8. The fraction of sp³-hybridized carbons (Fsp3) is 0.471. The van der Waals surface area contributed by atoms with Gasteiger partial charge in [0.2, 0.25) is 5.91 Å². The monoisotopic (exact) mass is 364 g/mol. The molecule has 0 saturated carbocycles. The van der Waals surface area contributed by atoms with E-state index in [9.17, 15) is 4.79 Å². The molecule has 8 heteroatoms. The minimum absolute atomic E-state index is 0.00630. The second-order valence-electron chi connectivity index (χ2n) is 6.02. The third kappa shape index (κ3) is 5.26. The summed E-state index contributed by atoms with van der Waals surface area (Å²) >= 11 is 5.92. The zero-order chi connectivity index (χ0) is 17.6. The second kappa shape index (κ2) is 8.42. The molecule has 7 nitrogen and oxygen atoms in total. The van der Waals surface area contributed by atoms with Crippen LogP contribution in [0.2, 0.25) is 5.02 Å². The number of rotatable bonds is 8. The molecule has 1 saturated heterocycles. The van der Waals surface area contributed by atoms with Crippen molar-refractivity contribution in [3.8, 4) is 0 Å². The Hall–Kier alpha value is -1.96. The molecule has 25 heavy (non-hydrogen) atoms. The first-order valence-corrected chi connectivity index (χ1v) is 8.62. The van der Waals surface area contributed by atoms with Crippen LogP contribution in [0.25, 0.3) is 0 Å². The molecule has 1 fully saturated rings. The Bertz CT molecular complexity index is 711. The van der Waals surface area contributed by atoms with Gasteiger partial charge in [0, 0.05) is 11.6 Å². The molecular weight excluding hydrogens is 344 g/mol. The number of primary amides is 1. The molecule has 1 amide bonds. The Labute approximate surface area is 151 Å². The van der Waals surface area contributed by atoms with Crippen LogP contribution in [0.1, 0.15) is 30.1 Å². The molecular formula is C17H21ClN4O3. The fourth-order valence-corrected chi connectivity index (χ4v) is 2.84. The number of halogens is 1. The molecule has 0 aliphatic carbocycles. The van der Waals surface area contributed by atoms with E-state index in [1.165, 1.54) is 0 Å². The van der Waals surface area contributed by atoms with Crippen molar-refractivity contribution in [1.29, 1.82) is 0 Å². The van der Waals surface area contributed by atoms with E-state index in [4.69, 9.17) is 26.8 Å². The summed E-state index contributed by atoms with van der Waals surface area (Å²) in [6.45, 7) is 2.14. The van der Waals surface area contributed by atoms with Gasteiger partial charge >= 0.3 is 0 Å². The Kier molecular flexibility index (Phi) is 6.01. The summed E-state index contributed by atoms with van der Waals surface area (Å²) in [7, 11) is 0. The molecule has 1 aromatic carbocycles. The quantitative estimate of drug-likeness (QED) is 0.769. The number of carbonyl (C=O) groups excluding carboxylic acids is 1. The Morgan fingerprint density at radius 2 is 2.20 bits per heavy atom. The third-order valence-electron chi connectivity index (χ3n) is 3.93. The van der Waals surface area contributed by atoms with Gasteiger partial charge in [-0.25, -0.2) is 9.67 Å². The summed E-state index contributed by atoms with van der Waals surface area (Å²) < 4.78 is 13.0. The van der Waals surface area contributed by atoms with Crippen LogP contribution >= 0.6 is 11.6 Å². The molecule has 2 N–H and O–H groups in total. The molecule has 2 heterocycles. The normalized spacial score (nSPS) is 17.1. The lowest BCUT2D eigenvalue weighted by molar-refractivity contribution is -0.117. The summed E-state index contributed by atoms with van der Waals surface area (Å²) in [5.74, 6) is 0.594. The number of amides is 1. The van der Waals surface area contributed by atoms with Gasteiger partial charge in [0.1, 0.15) is 6.61 Å². The number of hydrogen-bond donors (Lipinski definition) is 1. The number of aromatic nitrogens is 3. The minimum atomic E-state index is -0.463. The maximum Gasteiger partial charge on any atom is 0.225 e. The molecule has 1 aromatic heterocycles. The molecule has 0 spiro atoms. The molecule has 134 valence electrons. The van der Waals surface area contributed by atoms with Crippen molar-refractivity contribution >= 4 is 17.5 Å². The van der Waals surface area contributed by atoms with Gasteiger partial charge in [0.15, 0.2) is 11.6 Å². The Morgan fingerprint density at radius 1 is 1.40 bits per heavy atom. The van der Waals surface area contributed by atoms with Gasteiger partial charge in [-0.3, -0.25) is 4.79 Å². The molecule has 3 rings (SSSR count). The lowest BCUT2D eigenvalue weighted by Crippen LogP contribution is -2.16. The van der Waals surface area contributed by atoms with Crippen LogP contribution < -0.4 is 5.73 Å². The third-order valence-corrected chi connectivity index (χ3v) is 4.18. The van der Waals surface area contributed by atoms with Crippen molar-refractivity contribution in [2.45, 2.75) is 38.5 Å². The highest BCUT2D eigenvalue weighted by molar-refractivity contribution is 6.30. The van der Waals surface area contributed by atoms with Gasteiger partial charge in [0.05, 0.1) is 25.7 Å². The number of nitrogens with two attached hydrogens (primary N) is 1. The van der Waals surface area contributed by atoms with E-state index in [1.807, 2.05) is 24.3 Å². The molecule has 1 atom stereocenters. The van der Waals surface area contributed by atoms with Crippen molar-refractivity contribution < 1.29 is 14.3 Å². The lowest BCUT2D eigenvalue weighted by atomic mass is 10.2. The smallest absolute Gasteiger partial charge is 0.225 e. The van der Waals surface area contributed by atoms with Gasteiger partial charge in [-0.15, -0.1) is 0 Å². The second-order valence-corrected chi connectivity index (χ2v) is 6.46. The van der Waals surface area contributed by atoms with Crippen LogP contribution in [0.5, 0.6) is 0 Å². The highest BCUT2D eigenvalue weighted by Crippen LogP contribution is 2.14. The van der Waals surface area contributed by atoms with E-state index < -0.39 is 5.91 Å². The van der Waals surface area contributed by atoms with Crippen LogP contribution in [0, 0.1) is 0 Å². The van der Waals surface area contributed by atoms with Crippen LogP contribution in [0.3, 0.4) is 0 Å². The van der Waals surface area contributed by atoms with E-state index >= 15 is 0 Å². The van der Waals surface area contributed by atoms with E-state index in [0.717, 1.165) is 25.0 Å². The minimum Gasteiger partial charge on any atom is -0.376 e. The molecule has 1 aliphatic rings. The Balaban J connectivity index is 1.68. The predicted octanol–water partition coefficient (Wildman–Crippen LogP) is 1.70. The maximum absolute atomic E-state index is 11.1. The van der Waals surface area contributed by atoms with E-state index in [2.05, 4.69) is 10.1 Å². The summed E-state index contributed by atoms with van der Waals surface area (Å²) in [4.78, 5) is 15.5. The fourth-order valence-electron chi connectivity index (χ4n) is 2.71. The van der Waals surface area contributed by atoms with Gasteiger partial charge in [-0.1, -0.05) is 23.7 Å². The van der Waals surface area contributed by atoms with Gasteiger partial charge < -0.3 is 15.2 Å². The maximum atomic E-state index is 11.1. The number of carbonyl (C=O) groups is 1. The zero-order valence-corrected chi connectivity index (χ0v) is 14.6. The van der Waals surface area contributed by atoms with Crippen molar-refractivity contribution in [1.82, 2.24) is 14.8 Å². The highest BCUT2D eigenvalue weighted by Gasteiger charge is 2.17. The summed E-state index contributed by atoms with van der Waals surface area (Å²) in [6, 6.07) is 7.50. The van der Waals surface area contributed by atoms with Gasteiger partial charge in [-0.05, 0) is 30.5 Å². The number of ether oxygens (including phenoxy) is 2. The zero-order valence-electron chi connectivity index (χ0n) is 13.9. The standard InChI is InChI=1S/C17H21ClN4O3/c18-13-5-3-12(4-6-13)9-22-17(20-16(21-22)8-15(19)23)11-24-10-14-2-1-7-25-14/h3-6,14H,1-2,7-11H2,(H2,19,23)/t14-/m1/s1. The Morgan fingerprint density at radius 3 is 2.88 bits per heavy atom. The lowest BCUT2D eigenvalue weighted by Gasteiger charge is -2.10. The number of hydrogen-bond acceptors (Lipinski definition) is 5. The van der Waals surface area contributed by atoms with Crippen molar-refractivity contribution in [2.75, 3.05) is 13.2 Å². The molecule has 2 aromatic rings. The van der Waals surface area contributed by atoms with Crippen molar-refractivity contribution in [2.24, 2.45) is 5.73 Å². The SMILES string of the molecule is NC(=O)Cc1nc(COC[C@H]2CCCO2)n(Cc2ccc(Cl)cc2)n1. The number of benzene rings is 1. The van der Waals surface area contributed by atoms with Crippen LogP contribution in [-0.4, -0.2) is 40.0 Å². The molecule has 0 radical (unpaired) electrons.